The second-order valence-corrected chi connectivity index (χ2v) is 6.04. The number of ether oxygens (including phenoxy) is 2. The van der Waals surface area contributed by atoms with Crippen LogP contribution in [0.2, 0.25) is 0 Å². The zero-order valence-corrected chi connectivity index (χ0v) is 14.9. The van der Waals surface area contributed by atoms with Crippen molar-refractivity contribution in [2.24, 2.45) is 0 Å². The van der Waals surface area contributed by atoms with Gasteiger partial charge in [0.15, 0.2) is 5.78 Å². The Morgan fingerprint density at radius 1 is 1.11 bits per heavy atom. The number of nitro groups is 1. The highest BCUT2D eigenvalue weighted by molar-refractivity contribution is 6.06. The molecule has 1 amide bonds. The first-order valence-corrected chi connectivity index (χ1v) is 8.64. The van der Waals surface area contributed by atoms with E-state index in [1.165, 1.54) is 24.3 Å². The SMILES string of the molecule is O=C(C=Cc1cccc([N+](=O)[O-])c1)c1ccc(OC(=O)N2CCOCC2)cc1. The first kappa shape index (κ1) is 19.2. The quantitative estimate of drug-likeness (QED) is 0.340. The average molecular weight is 382 g/mol. The third-order valence-electron chi connectivity index (χ3n) is 4.12. The average Bonchev–Trinajstić information content (AvgIpc) is 2.73. The lowest BCUT2D eigenvalue weighted by Gasteiger charge is -2.25. The third kappa shape index (κ3) is 5.01. The number of hydrogen-bond donors (Lipinski definition) is 0. The second-order valence-electron chi connectivity index (χ2n) is 6.04. The number of carbonyl (C=O) groups excluding carboxylic acids is 2. The van der Waals surface area contributed by atoms with Crippen molar-refractivity contribution in [3.8, 4) is 5.75 Å². The van der Waals surface area contributed by atoms with Gasteiger partial charge in [0.2, 0.25) is 0 Å². The van der Waals surface area contributed by atoms with E-state index in [1.54, 1.807) is 41.3 Å². The molecule has 0 aliphatic carbocycles. The third-order valence-corrected chi connectivity index (χ3v) is 4.12. The molecule has 0 spiro atoms. The molecule has 1 fully saturated rings. The number of nitrogens with zero attached hydrogens (tertiary/aromatic N) is 2. The second kappa shape index (κ2) is 8.92. The Morgan fingerprint density at radius 2 is 1.82 bits per heavy atom. The van der Waals surface area contributed by atoms with Crippen molar-refractivity contribution in [3.63, 3.8) is 0 Å². The van der Waals surface area contributed by atoms with Gasteiger partial charge in [0.1, 0.15) is 5.75 Å². The predicted octanol–water partition coefficient (Wildman–Crippen LogP) is 3.32. The molecule has 0 N–H and O–H groups in total. The van der Waals surface area contributed by atoms with Crippen LogP contribution in [-0.4, -0.2) is 48.0 Å². The summed E-state index contributed by atoms with van der Waals surface area (Å²) in [6.45, 7) is 1.94. The fourth-order valence-corrected chi connectivity index (χ4v) is 2.61. The van der Waals surface area contributed by atoms with E-state index >= 15 is 0 Å². The first-order chi connectivity index (χ1) is 13.5. The van der Waals surface area contributed by atoms with Crippen LogP contribution in [-0.2, 0) is 4.74 Å². The van der Waals surface area contributed by atoms with Gasteiger partial charge in [-0.05, 0) is 35.9 Å². The molecule has 2 aromatic rings. The van der Waals surface area contributed by atoms with Crippen LogP contribution >= 0.6 is 0 Å². The van der Waals surface area contributed by atoms with Crippen molar-refractivity contribution >= 4 is 23.6 Å². The van der Waals surface area contributed by atoms with E-state index < -0.39 is 11.0 Å². The van der Waals surface area contributed by atoms with E-state index in [0.717, 1.165) is 0 Å². The van der Waals surface area contributed by atoms with Gasteiger partial charge in [-0.25, -0.2) is 4.79 Å². The molecule has 0 radical (unpaired) electrons. The van der Waals surface area contributed by atoms with Crippen molar-refractivity contribution in [1.29, 1.82) is 0 Å². The molecular weight excluding hydrogens is 364 g/mol. The van der Waals surface area contributed by atoms with Gasteiger partial charge in [-0.3, -0.25) is 14.9 Å². The Hall–Kier alpha value is -3.52. The zero-order chi connectivity index (χ0) is 19.9. The normalized spacial score (nSPS) is 14.1. The molecule has 0 saturated carbocycles. The van der Waals surface area contributed by atoms with Crippen molar-refractivity contribution in [1.82, 2.24) is 4.90 Å². The standard InChI is InChI=1S/C20H18N2O6/c23-19(9-4-15-2-1-3-17(14-15)22(25)26)16-5-7-18(8-6-16)28-20(24)21-10-12-27-13-11-21/h1-9,14H,10-13H2. The van der Waals surface area contributed by atoms with Crippen molar-refractivity contribution < 1.29 is 24.0 Å². The molecular formula is C20H18N2O6. The van der Waals surface area contributed by atoms with Crippen LogP contribution in [0.1, 0.15) is 15.9 Å². The molecule has 0 unspecified atom stereocenters. The summed E-state index contributed by atoms with van der Waals surface area (Å²) in [6, 6.07) is 12.2. The Balaban J connectivity index is 1.61. The molecule has 144 valence electrons. The summed E-state index contributed by atoms with van der Waals surface area (Å²) in [6.07, 6.45) is 2.41. The van der Waals surface area contributed by atoms with E-state index in [4.69, 9.17) is 9.47 Å². The summed E-state index contributed by atoms with van der Waals surface area (Å²) in [4.78, 5) is 36.2. The minimum atomic E-state index is -0.490. The molecule has 0 bridgehead atoms. The Morgan fingerprint density at radius 3 is 2.50 bits per heavy atom. The largest absolute Gasteiger partial charge is 0.415 e. The number of carbonyl (C=O) groups is 2. The maximum absolute atomic E-state index is 12.3. The van der Waals surface area contributed by atoms with Crippen LogP contribution in [0.5, 0.6) is 5.75 Å². The molecule has 28 heavy (non-hydrogen) atoms. The lowest BCUT2D eigenvalue weighted by atomic mass is 10.1. The van der Waals surface area contributed by atoms with Crippen molar-refractivity contribution in [2.75, 3.05) is 26.3 Å². The molecule has 1 aliphatic heterocycles. The maximum Gasteiger partial charge on any atom is 0.415 e. The lowest BCUT2D eigenvalue weighted by molar-refractivity contribution is -0.384. The maximum atomic E-state index is 12.3. The Bertz CT molecular complexity index is 901. The minimum absolute atomic E-state index is 0.0407. The number of morpholine rings is 1. The van der Waals surface area contributed by atoms with Gasteiger partial charge in [0.25, 0.3) is 5.69 Å². The van der Waals surface area contributed by atoms with Gasteiger partial charge in [-0.1, -0.05) is 18.2 Å². The summed E-state index contributed by atoms with van der Waals surface area (Å²) in [7, 11) is 0. The van der Waals surface area contributed by atoms with Gasteiger partial charge in [-0.2, -0.15) is 0 Å². The highest BCUT2D eigenvalue weighted by Crippen LogP contribution is 2.17. The molecule has 1 heterocycles. The molecule has 0 atom stereocenters. The summed E-state index contributed by atoms with van der Waals surface area (Å²) in [5, 5.41) is 10.8. The van der Waals surface area contributed by atoms with Crippen LogP contribution in [0.4, 0.5) is 10.5 Å². The van der Waals surface area contributed by atoms with Crippen LogP contribution in [0.25, 0.3) is 6.08 Å². The molecule has 8 heteroatoms. The lowest BCUT2D eigenvalue weighted by Crippen LogP contribution is -2.42. The topological polar surface area (TPSA) is 99.0 Å². The van der Waals surface area contributed by atoms with Crippen LogP contribution in [0.15, 0.2) is 54.6 Å². The number of benzene rings is 2. The summed E-state index contributed by atoms with van der Waals surface area (Å²) in [5.74, 6) is 0.0771. The molecule has 1 aliphatic rings. The van der Waals surface area contributed by atoms with Crippen LogP contribution in [0.3, 0.4) is 0 Å². The molecule has 0 aromatic heterocycles. The smallest absolute Gasteiger partial charge is 0.410 e. The van der Waals surface area contributed by atoms with Crippen molar-refractivity contribution in [2.45, 2.75) is 0 Å². The molecule has 2 aromatic carbocycles. The molecule has 8 nitrogen and oxygen atoms in total. The zero-order valence-electron chi connectivity index (χ0n) is 14.9. The fraction of sp³-hybridized carbons (Fsp3) is 0.200. The summed E-state index contributed by atoms with van der Waals surface area (Å²) < 4.78 is 10.5. The van der Waals surface area contributed by atoms with Gasteiger partial charge in [0.05, 0.1) is 18.1 Å². The predicted molar refractivity (Wildman–Crippen MR) is 101 cm³/mol. The highest BCUT2D eigenvalue weighted by Gasteiger charge is 2.18. The van der Waals surface area contributed by atoms with Crippen LogP contribution < -0.4 is 4.74 Å². The first-order valence-electron chi connectivity index (χ1n) is 8.64. The van der Waals surface area contributed by atoms with Gasteiger partial charge >= 0.3 is 6.09 Å². The van der Waals surface area contributed by atoms with Crippen molar-refractivity contribution in [3.05, 3.63) is 75.8 Å². The van der Waals surface area contributed by atoms with Gasteiger partial charge in [-0.15, -0.1) is 0 Å². The highest BCUT2D eigenvalue weighted by atomic mass is 16.6. The van der Waals surface area contributed by atoms with E-state index in [0.29, 0.717) is 43.2 Å². The minimum Gasteiger partial charge on any atom is -0.410 e. The number of rotatable bonds is 5. The fourth-order valence-electron chi connectivity index (χ4n) is 2.61. The van der Waals surface area contributed by atoms with Crippen LogP contribution in [0, 0.1) is 10.1 Å². The number of hydrogen-bond acceptors (Lipinski definition) is 6. The van der Waals surface area contributed by atoms with E-state index in [1.807, 2.05) is 0 Å². The monoisotopic (exact) mass is 382 g/mol. The van der Waals surface area contributed by atoms with Gasteiger partial charge < -0.3 is 14.4 Å². The Kier molecular flexibility index (Phi) is 6.13. The van der Waals surface area contributed by atoms with E-state index in [9.17, 15) is 19.7 Å². The summed E-state index contributed by atoms with van der Waals surface area (Å²) in [5.41, 5.74) is 0.924. The number of allylic oxidation sites excluding steroid dienone is 1. The van der Waals surface area contributed by atoms with Gasteiger partial charge in [0, 0.05) is 30.8 Å². The molecule has 1 saturated heterocycles. The van der Waals surface area contributed by atoms with E-state index in [2.05, 4.69) is 0 Å². The number of amides is 1. The summed E-state index contributed by atoms with van der Waals surface area (Å²) >= 11 is 0. The number of nitro benzene ring substituents is 1. The number of ketones is 1. The Labute approximate surface area is 161 Å². The molecule has 3 rings (SSSR count). The number of non-ortho nitro benzene ring substituents is 1. The van der Waals surface area contributed by atoms with E-state index in [-0.39, 0.29) is 11.5 Å².